The Bertz CT molecular complexity index is 1270. The van der Waals surface area contributed by atoms with E-state index in [0.29, 0.717) is 17.0 Å². The summed E-state index contributed by atoms with van der Waals surface area (Å²) in [5, 5.41) is 12.0. The third-order valence-electron chi connectivity index (χ3n) is 4.42. The number of anilines is 1. The van der Waals surface area contributed by atoms with Crippen LogP contribution in [0.2, 0.25) is 0 Å². The highest BCUT2D eigenvalue weighted by Crippen LogP contribution is 2.21. The summed E-state index contributed by atoms with van der Waals surface area (Å²) in [5.41, 5.74) is 1.87. The Kier molecular flexibility index (Phi) is 6.93. The number of nitriles is 1. The molecule has 0 heterocycles. The molecule has 0 aliphatic heterocycles. The summed E-state index contributed by atoms with van der Waals surface area (Å²) in [6, 6.07) is 20.9. The van der Waals surface area contributed by atoms with Crippen LogP contribution in [0, 0.1) is 18.3 Å². The number of benzene rings is 3. The minimum absolute atomic E-state index is 0.0500. The van der Waals surface area contributed by atoms with Gasteiger partial charge in [0.25, 0.3) is 5.91 Å². The van der Waals surface area contributed by atoms with Crippen LogP contribution in [-0.2, 0) is 14.9 Å². The van der Waals surface area contributed by atoms with Gasteiger partial charge in [0.2, 0.25) is 0 Å². The molecule has 0 aromatic heterocycles. The van der Waals surface area contributed by atoms with E-state index < -0.39 is 16.0 Å². The summed E-state index contributed by atoms with van der Waals surface area (Å²) >= 11 is 0. The molecule has 0 atom stereocenters. The van der Waals surface area contributed by atoms with Gasteiger partial charge in [0.05, 0.1) is 7.11 Å². The van der Waals surface area contributed by atoms with Crippen molar-refractivity contribution in [3.8, 4) is 17.6 Å². The Labute approximate surface area is 186 Å². The summed E-state index contributed by atoms with van der Waals surface area (Å²) in [7, 11) is -2.42. The zero-order valence-electron chi connectivity index (χ0n) is 17.4. The molecule has 3 rings (SSSR count). The van der Waals surface area contributed by atoms with Gasteiger partial charge in [0.1, 0.15) is 28.0 Å². The van der Waals surface area contributed by atoms with Crippen LogP contribution < -0.4 is 14.2 Å². The lowest BCUT2D eigenvalue weighted by atomic mass is 10.1. The molecule has 8 heteroatoms. The molecule has 0 unspecified atom stereocenters. The predicted molar refractivity (Wildman–Crippen MR) is 121 cm³/mol. The van der Waals surface area contributed by atoms with E-state index in [1.807, 2.05) is 13.0 Å². The monoisotopic (exact) mass is 448 g/mol. The summed E-state index contributed by atoms with van der Waals surface area (Å²) < 4.78 is 35.0. The number of carbonyl (C=O) groups is 1. The van der Waals surface area contributed by atoms with Crippen molar-refractivity contribution >= 4 is 27.8 Å². The van der Waals surface area contributed by atoms with E-state index in [-0.39, 0.29) is 16.2 Å². The molecule has 162 valence electrons. The number of methoxy groups -OCH3 is 1. The average Bonchev–Trinajstić information content (AvgIpc) is 2.79. The first-order valence-corrected chi connectivity index (χ1v) is 10.9. The lowest BCUT2D eigenvalue weighted by Crippen LogP contribution is -2.13. The summed E-state index contributed by atoms with van der Waals surface area (Å²) in [4.78, 5) is 12.5. The second-order valence-corrected chi connectivity index (χ2v) is 8.32. The number of aryl methyl sites for hydroxylation is 1. The van der Waals surface area contributed by atoms with E-state index in [0.717, 1.165) is 5.56 Å². The third-order valence-corrected chi connectivity index (χ3v) is 5.68. The van der Waals surface area contributed by atoms with Gasteiger partial charge in [-0.2, -0.15) is 13.7 Å². The molecule has 0 fully saturated rings. The van der Waals surface area contributed by atoms with Gasteiger partial charge in [-0.25, -0.2) is 0 Å². The van der Waals surface area contributed by atoms with Crippen LogP contribution in [0.15, 0.2) is 83.3 Å². The number of hydrogen-bond donors (Lipinski definition) is 1. The highest BCUT2D eigenvalue weighted by molar-refractivity contribution is 7.87. The summed E-state index contributed by atoms with van der Waals surface area (Å²) in [6.45, 7) is 1.86. The number of carbonyl (C=O) groups excluding carboxylic acids is 1. The molecule has 0 aliphatic carbocycles. The number of nitrogens with one attached hydrogen (secondary N) is 1. The number of nitrogens with zero attached hydrogens (tertiary/aromatic N) is 1. The third kappa shape index (κ3) is 5.74. The Morgan fingerprint density at radius 1 is 0.938 bits per heavy atom. The van der Waals surface area contributed by atoms with Crippen LogP contribution in [0.5, 0.6) is 11.5 Å². The molecular weight excluding hydrogens is 428 g/mol. The Morgan fingerprint density at radius 3 is 2.09 bits per heavy atom. The molecule has 0 aliphatic rings. The van der Waals surface area contributed by atoms with Gasteiger partial charge in [-0.1, -0.05) is 29.8 Å². The first kappa shape index (κ1) is 22.6. The molecule has 3 aromatic carbocycles. The van der Waals surface area contributed by atoms with Gasteiger partial charge in [-0.3, -0.25) is 4.79 Å². The van der Waals surface area contributed by atoms with Crippen LogP contribution >= 0.6 is 0 Å². The lowest BCUT2D eigenvalue weighted by molar-refractivity contribution is -0.112. The van der Waals surface area contributed by atoms with Crippen molar-refractivity contribution in [2.75, 3.05) is 12.4 Å². The smallest absolute Gasteiger partial charge is 0.339 e. The maximum Gasteiger partial charge on any atom is 0.339 e. The van der Waals surface area contributed by atoms with Crippen molar-refractivity contribution in [2.45, 2.75) is 11.8 Å². The van der Waals surface area contributed by atoms with Gasteiger partial charge in [0.15, 0.2) is 0 Å². The standard InChI is InChI=1S/C24H20N2O5S/c1-17-3-13-23(14-4-17)32(28,29)31-22-9-5-18(6-10-22)15-19(16-25)24(27)26-20-7-11-21(30-2)12-8-20/h3-15H,1-2H3,(H,26,27)/b19-15+. The van der Waals surface area contributed by atoms with Crippen molar-refractivity contribution < 1.29 is 22.1 Å². The van der Waals surface area contributed by atoms with Crippen LogP contribution in [0.3, 0.4) is 0 Å². The molecule has 3 aromatic rings. The molecular formula is C24H20N2O5S. The number of hydrogen-bond acceptors (Lipinski definition) is 6. The Morgan fingerprint density at radius 2 is 1.53 bits per heavy atom. The normalized spacial score (nSPS) is 11.3. The summed E-state index contributed by atoms with van der Waals surface area (Å²) in [6.07, 6.45) is 1.40. The SMILES string of the molecule is COc1ccc(NC(=O)/C(C#N)=C/c2ccc(OS(=O)(=O)c3ccc(C)cc3)cc2)cc1. The maximum absolute atomic E-state index is 12.4. The van der Waals surface area contributed by atoms with Crippen molar-refractivity contribution in [1.29, 1.82) is 5.26 Å². The van der Waals surface area contributed by atoms with Gasteiger partial charge in [-0.05, 0) is 67.1 Å². The van der Waals surface area contributed by atoms with E-state index in [2.05, 4.69) is 5.32 Å². The van der Waals surface area contributed by atoms with E-state index in [9.17, 15) is 18.5 Å². The highest BCUT2D eigenvalue weighted by atomic mass is 32.2. The predicted octanol–water partition coefficient (Wildman–Crippen LogP) is 4.32. The van der Waals surface area contributed by atoms with E-state index in [1.54, 1.807) is 55.6 Å². The minimum atomic E-state index is -3.96. The first-order valence-electron chi connectivity index (χ1n) is 9.49. The van der Waals surface area contributed by atoms with Crippen LogP contribution in [-0.4, -0.2) is 21.4 Å². The zero-order valence-corrected chi connectivity index (χ0v) is 18.2. The van der Waals surface area contributed by atoms with Crippen LogP contribution in [0.25, 0.3) is 6.08 Å². The summed E-state index contributed by atoms with van der Waals surface area (Å²) in [5.74, 6) is 0.189. The minimum Gasteiger partial charge on any atom is -0.497 e. The van der Waals surface area contributed by atoms with Gasteiger partial charge in [-0.15, -0.1) is 0 Å². The number of ether oxygens (including phenoxy) is 1. The fraction of sp³-hybridized carbons (Fsp3) is 0.0833. The Balaban J connectivity index is 1.71. The number of amides is 1. The maximum atomic E-state index is 12.4. The quantitative estimate of drug-likeness (QED) is 0.328. The molecule has 0 saturated carbocycles. The van der Waals surface area contributed by atoms with Gasteiger partial charge >= 0.3 is 10.1 Å². The average molecular weight is 449 g/mol. The molecule has 32 heavy (non-hydrogen) atoms. The lowest BCUT2D eigenvalue weighted by Gasteiger charge is -2.08. The number of rotatable bonds is 7. The van der Waals surface area contributed by atoms with Crippen molar-refractivity contribution in [1.82, 2.24) is 0 Å². The largest absolute Gasteiger partial charge is 0.497 e. The van der Waals surface area contributed by atoms with Gasteiger partial charge in [0, 0.05) is 5.69 Å². The Hall–Kier alpha value is -4.09. The van der Waals surface area contributed by atoms with E-state index in [1.165, 1.54) is 30.3 Å². The van der Waals surface area contributed by atoms with Crippen LogP contribution in [0.4, 0.5) is 5.69 Å². The molecule has 0 spiro atoms. The molecule has 1 amide bonds. The van der Waals surface area contributed by atoms with Crippen molar-refractivity contribution in [3.05, 3.63) is 89.5 Å². The fourth-order valence-corrected chi connectivity index (χ4v) is 3.62. The van der Waals surface area contributed by atoms with Crippen LogP contribution in [0.1, 0.15) is 11.1 Å². The molecule has 0 saturated heterocycles. The van der Waals surface area contributed by atoms with Gasteiger partial charge < -0.3 is 14.2 Å². The highest BCUT2D eigenvalue weighted by Gasteiger charge is 2.16. The zero-order chi connectivity index (χ0) is 23.1. The van der Waals surface area contributed by atoms with Crippen molar-refractivity contribution in [2.24, 2.45) is 0 Å². The molecule has 7 nitrogen and oxygen atoms in total. The topological polar surface area (TPSA) is 105 Å². The van der Waals surface area contributed by atoms with Crippen molar-refractivity contribution in [3.63, 3.8) is 0 Å². The molecule has 0 bridgehead atoms. The molecule has 0 radical (unpaired) electrons. The van der Waals surface area contributed by atoms with E-state index >= 15 is 0 Å². The second kappa shape index (κ2) is 9.81. The fourth-order valence-electron chi connectivity index (χ4n) is 2.69. The second-order valence-electron chi connectivity index (χ2n) is 6.77. The first-order chi connectivity index (χ1) is 15.3. The van der Waals surface area contributed by atoms with E-state index in [4.69, 9.17) is 8.92 Å². The molecule has 1 N–H and O–H groups in total.